The van der Waals surface area contributed by atoms with Crippen molar-refractivity contribution in [2.24, 2.45) is 0 Å². The van der Waals surface area contributed by atoms with Gasteiger partial charge in [0.15, 0.2) is 0 Å². The summed E-state index contributed by atoms with van der Waals surface area (Å²) in [4.78, 5) is 0. The van der Waals surface area contributed by atoms with Crippen LogP contribution in [0.5, 0.6) is 0 Å². The van der Waals surface area contributed by atoms with Gasteiger partial charge >= 0.3 is 0 Å². The fraction of sp³-hybridized carbons (Fsp3) is 0.786. The zero-order valence-corrected chi connectivity index (χ0v) is 13.3. The maximum absolute atomic E-state index is 10.5. The monoisotopic (exact) mass is 288 g/mol. The lowest BCUT2D eigenvalue weighted by Crippen LogP contribution is -2.44. The van der Waals surface area contributed by atoms with E-state index in [4.69, 9.17) is 16.3 Å². The molecule has 0 spiro atoms. The largest absolute Gasteiger partial charge is 0.390 e. The number of rotatable bonds is 7. The van der Waals surface area contributed by atoms with Gasteiger partial charge in [0.05, 0.1) is 28.1 Å². The van der Waals surface area contributed by atoms with Crippen LogP contribution in [0, 0.1) is 6.92 Å². The second kappa shape index (κ2) is 6.73. The molecule has 0 saturated heterocycles. The summed E-state index contributed by atoms with van der Waals surface area (Å²) in [5, 5.41) is 15.6. The predicted molar refractivity (Wildman–Crippen MR) is 77.7 cm³/mol. The van der Waals surface area contributed by atoms with E-state index in [2.05, 4.69) is 5.10 Å². The molecule has 1 aromatic rings. The Morgan fingerprint density at radius 3 is 2.37 bits per heavy atom. The van der Waals surface area contributed by atoms with Gasteiger partial charge in [0.2, 0.25) is 0 Å². The summed E-state index contributed by atoms with van der Waals surface area (Å²) in [5.41, 5.74) is 1.18. The molecular formula is C14H25ClN2O2. The number of aromatic nitrogens is 2. The minimum Gasteiger partial charge on any atom is -0.390 e. The first-order chi connectivity index (χ1) is 8.95. The fourth-order valence-electron chi connectivity index (χ4n) is 2.58. The molecule has 1 atom stereocenters. The van der Waals surface area contributed by atoms with E-state index in [1.807, 2.05) is 32.4 Å². The Balaban J connectivity index is 3.01. The lowest BCUT2D eigenvalue weighted by atomic mass is 9.87. The highest BCUT2D eigenvalue weighted by atomic mass is 35.5. The molecule has 0 amide bonds. The molecular weight excluding hydrogens is 264 g/mol. The number of ether oxygens (including phenoxy) is 1. The molecule has 1 heterocycles. The first kappa shape index (κ1) is 16.5. The number of aliphatic hydroxyl groups is 1. The van der Waals surface area contributed by atoms with Gasteiger partial charge in [0.1, 0.15) is 0 Å². The van der Waals surface area contributed by atoms with E-state index in [-0.39, 0.29) is 0 Å². The maximum atomic E-state index is 10.5. The Morgan fingerprint density at radius 2 is 1.95 bits per heavy atom. The molecule has 0 aromatic carbocycles. The SMILES string of the molecule is CCn1nc(C)c(Cl)c1CC(O)C(CC)(CC)OC. The van der Waals surface area contributed by atoms with Crippen LogP contribution in [0.3, 0.4) is 0 Å². The minimum atomic E-state index is -0.591. The molecule has 0 saturated carbocycles. The van der Waals surface area contributed by atoms with Crippen molar-refractivity contribution in [1.82, 2.24) is 9.78 Å². The van der Waals surface area contributed by atoms with Crippen molar-refractivity contribution in [1.29, 1.82) is 0 Å². The molecule has 19 heavy (non-hydrogen) atoms. The summed E-state index contributed by atoms with van der Waals surface area (Å²) in [5.74, 6) is 0. The van der Waals surface area contributed by atoms with Crippen molar-refractivity contribution >= 4 is 11.6 Å². The van der Waals surface area contributed by atoms with Crippen molar-refractivity contribution in [3.8, 4) is 0 Å². The van der Waals surface area contributed by atoms with Gasteiger partial charge in [-0.1, -0.05) is 25.4 Å². The van der Waals surface area contributed by atoms with Gasteiger partial charge in [-0.15, -0.1) is 0 Å². The topological polar surface area (TPSA) is 47.3 Å². The van der Waals surface area contributed by atoms with Crippen molar-refractivity contribution in [2.45, 2.75) is 65.2 Å². The van der Waals surface area contributed by atoms with Crippen molar-refractivity contribution in [3.05, 3.63) is 16.4 Å². The van der Waals surface area contributed by atoms with Gasteiger partial charge in [-0.3, -0.25) is 4.68 Å². The van der Waals surface area contributed by atoms with Crippen LogP contribution in [0.25, 0.3) is 0 Å². The van der Waals surface area contributed by atoms with Crippen LogP contribution in [0.2, 0.25) is 5.02 Å². The fourth-order valence-corrected chi connectivity index (χ4v) is 2.79. The summed E-state index contributed by atoms with van der Waals surface area (Å²) in [7, 11) is 1.65. The van der Waals surface area contributed by atoms with Crippen LogP contribution in [-0.2, 0) is 17.7 Å². The van der Waals surface area contributed by atoms with Gasteiger partial charge < -0.3 is 9.84 Å². The summed E-state index contributed by atoms with van der Waals surface area (Å²) in [6, 6.07) is 0. The van der Waals surface area contributed by atoms with Crippen LogP contribution in [-0.4, -0.2) is 33.7 Å². The van der Waals surface area contributed by atoms with Gasteiger partial charge in [-0.25, -0.2) is 0 Å². The molecule has 5 heteroatoms. The second-order valence-corrected chi connectivity index (χ2v) is 5.24. The number of methoxy groups -OCH3 is 1. The number of nitrogens with zero attached hydrogens (tertiary/aromatic N) is 2. The maximum Gasteiger partial charge on any atom is 0.0935 e. The Kier molecular flexibility index (Phi) is 5.83. The Labute approximate surface area is 120 Å². The third-order valence-electron chi connectivity index (χ3n) is 4.05. The van der Waals surface area contributed by atoms with E-state index in [1.54, 1.807) is 7.11 Å². The third-order valence-corrected chi connectivity index (χ3v) is 4.54. The zero-order valence-electron chi connectivity index (χ0n) is 12.5. The lowest BCUT2D eigenvalue weighted by molar-refractivity contribution is -0.107. The molecule has 1 N–H and O–H groups in total. The van der Waals surface area contributed by atoms with Crippen molar-refractivity contribution < 1.29 is 9.84 Å². The first-order valence-electron chi connectivity index (χ1n) is 6.90. The minimum absolute atomic E-state index is 0.461. The van der Waals surface area contributed by atoms with Gasteiger partial charge in [0, 0.05) is 20.1 Å². The molecule has 1 aromatic heterocycles. The van der Waals surface area contributed by atoms with Gasteiger partial charge in [0.25, 0.3) is 0 Å². The molecule has 0 aliphatic heterocycles. The normalized spacial score (nSPS) is 13.8. The number of aryl methyl sites for hydroxylation is 2. The van der Waals surface area contributed by atoms with Crippen LogP contribution in [0.1, 0.15) is 45.0 Å². The van der Waals surface area contributed by atoms with Crippen LogP contribution >= 0.6 is 11.6 Å². The molecule has 110 valence electrons. The molecule has 0 aliphatic carbocycles. The molecule has 0 bridgehead atoms. The highest BCUT2D eigenvalue weighted by Crippen LogP contribution is 2.29. The number of aliphatic hydroxyl groups excluding tert-OH is 1. The summed E-state index contributed by atoms with van der Waals surface area (Å²) < 4.78 is 7.42. The Hall–Kier alpha value is -0.580. The molecule has 1 rings (SSSR count). The summed E-state index contributed by atoms with van der Waals surface area (Å²) in [6.45, 7) is 8.70. The highest BCUT2D eigenvalue weighted by Gasteiger charge is 2.35. The average Bonchev–Trinajstić information content (AvgIpc) is 2.69. The number of hydrogen-bond donors (Lipinski definition) is 1. The smallest absolute Gasteiger partial charge is 0.0935 e. The van der Waals surface area contributed by atoms with E-state index < -0.39 is 11.7 Å². The molecule has 0 fully saturated rings. The van der Waals surface area contributed by atoms with Crippen LogP contribution in [0.4, 0.5) is 0 Å². The molecule has 0 radical (unpaired) electrons. The third kappa shape index (κ3) is 3.12. The standard InChI is InChI=1S/C14H25ClN2O2/c1-6-14(7-2,19-5)12(18)9-11-13(15)10(4)16-17(11)8-3/h12,18H,6-9H2,1-5H3. The Bertz CT molecular complexity index is 406. The van der Waals surface area contributed by atoms with E-state index >= 15 is 0 Å². The van der Waals surface area contributed by atoms with Crippen LogP contribution in [0.15, 0.2) is 0 Å². The Morgan fingerprint density at radius 1 is 1.37 bits per heavy atom. The second-order valence-electron chi connectivity index (χ2n) is 4.86. The van der Waals surface area contributed by atoms with E-state index in [0.29, 0.717) is 11.4 Å². The average molecular weight is 289 g/mol. The van der Waals surface area contributed by atoms with Crippen LogP contribution < -0.4 is 0 Å². The predicted octanol–water partition coefficient (Wildman–Crippen LogP) is 2.97. The van der Waals surface area contributed by atoms with Crippen molar-refractivity contribution in [2.75, 3.05) is 7.11 Å². The lowest BCUT2D eigenvalue weighted by Gasteiger charge is -2.35. The molecule has 1 unspecified atom stereocenters. The van der Waals surface area contributed by atoms with Crippen molar-refractivity contribution in [3.63, 3.8) is 0 Å². The van der Waals surface area contributed by atoms with E-state index in [0.717, 1.165) is 30.8 Å². The first-order valence-corrected chi connectivity index (χ1v) is 7.28. The highest BCUT2D eigenvalue weighted by molar-refractivity contribution is 6.31. The van der Waals surface area contributed by atoms with Gasteiger partial charge in [-0.05, 0) is 26.7 Å². The van der Waals surface area contributed by atoms with E-state index in [1.165, 1.54) is 0 Å². The number of hydrogen-bond acceptors (Lipinski definition) is 3. The summed E-state index contributed by atoms with van der Waals surface area (Å²) in [6.07, 6.45) is 1.39. The number of halogens is 1. The zero-order chi connectivity index (χ0) is 14.6. The van der Waals surface area contributed by atoms with Gasteiger partial charge in [-0.2, -0.15) is 5.10 Å². The van der Waals surface area contributed by atoms with E-state index in [9.17, 15) is 5.11 Å². The summed E-state index contributed by atoms with van der Waals surface area (Å²) >= 11 is 6.28. The quantitative estimate of drug-likeness (QED) is 0.839. The molecule has 0 aliphatic rings. The molecule has 4 nitrogen and oxygen atoms in total.